The summed E-state index contributed by atoms with van der Waals surface area (Å²) in [4.78, 5) is 4.10. The van der Waals surface area contributed by atoms with Gasteiger partial charge in [0.15, 0.2) is 5.82 Å². The second kappa shape index (κ2) is 4.53. The lowest BCUT2D eigenvalue weighted by Gasteiger charge is -2.07. The molecule has 16 heavy (non-hydrogen) atoms. The number of halogens is 1. The molecule has 1 heterocycles. The molecule has 1 aromatic carbocycles. The van der Waals surface area contributed by atoms with E-state index in [9.17, 15) is 0 Å². The molecule has 0 unspecified atom stereocenters. The highest BCUT2D eigenvalue weighted by molar-refractivity contribution is 6.30. The Kier molecular flexibility index (Phi) is 3.10. The van der Waals surface area contributed by atoms with E-state index >= 15 is 0 Å². The van der Waals surface area contributed by atoms with Gasteiger partial charge in [-0.15, -0.1) is 0 Å². The second-order valence-corrected chi connectivity index (χ2v) is 3.98. The molecule has 0 aliphatic heterocycles. The van der Waals surface area contributed by atoms with Crippen molar-refractivity contribution in [3.63, 3.8) is 0 Å². The van der Waals surface area contributed by atoms with Crippen molar-refractivity contribution < 1.29 is 4.52 Å². The molecular formula is C11H12ClN3O. The topological polar surface area (TPSA) is 51.0 Å². The van der Waals surface area contributed by atoms with Crippen molar-refractivity contribution in [3.8, 4) is 0 Å². The van der Waals surface area contributed by atoms with Crippen molar-refractivity contribution in [3.05, 3.63) is 40.5 Å². The molecule has 0 saturated heterocycles. The number of anilines is 1. The second-order valence-electron chi connectivity index (χ2n) is 3.55. The SMILES string of the molecule is Cc1noc(CNc2cc(Cl)ccc2C)n1. The zero-order chi connectivity index (χ0) is 11.5. The molecule has 1 N–H and O–H groups in total. The molecule has 5 heteroatoms. The maximum atomic E-state index is 5.91. The first-order valence-corrected chi connectivity index (χ1v) is 5.32. The number of rotatable bonds is 3. The Balaban J connectivity index is 2.07. The van der Waals surface area contributed by atoms with Gasteiger partial charge in [0.1, 0.15) is 0 Å². The van der Waals surface area contributed by atoms with Crippen LogP contribution in [-0.2, 0) is 6.54 Å². The minimum Gasteiger partial charge on any atom is -0.376 e. The van der Waals surface area contributed by atoms with E-state index in [2.05, 4.69) is 15.5 Å². The third-order valence-corrected chi connectivity index (χ3v) is 2.43. The van der Waals surface area contributed by atoms with Gasteiger partial charge in [-0.25, -0.2) is 0 Å². The summed E-state index contributed by atoms with van der Waals surface area (Å²) in [6.45, 7) is 4.30. The predicted octanol–water partition coefficient (Wildman–Crippen LogP) is 2.95. The fourth-order valence-corrected chi connectivity index (χ4v) is 1.54. The number of hydrogen-bond donors (Lipinski definition) is 1. The van der Waals surface area contributed by atoms with Crippen LogP contribution in [0.1, 0.15) is 17.3 Å². The fourth-order valence-electron chi connectivity index (χ4n) is 1.37. The van der Waals surface area contributed by atoms with E-state index in [1.807, 2.05) is 25.1 Å². The molecule has 84 valence electrons. The number of nitrogens with zero attached hydrogens (tertiary/aromatic N) is 2. The Morgan fingerprint density at radius 3 is 2.88 bits per heavy atom. The molecule has 0 radical (unpaired) electrons. The van der Waals surface area contributed by atoms with Crippen LogP contribution < -0.4 is 5.32 Å². The van der Waals surface area contributed by atoms with Crippen molar-refractivity contribution in [2.75, 3.05) is 5.32 Å². The minimum atomic E-state index is 0.502. The zero-order valence-electron chi connectivity index (χ0n) is 9.12. The normalized spacial score (nSPS) is 10.4. The van der Waals surface area contributed by atoms with Crippen molar-refractivity contribution in [2.45, 2.75) is 20.4 Å². The molecule has 0 bridgehead atoms. The van der Waals surface area contributed by atoms with Crippen molar-refractivity contribution in [1.29, 1.82) is 0 Å². The molecule has 0 aliphatic rings. The summed E-state index contributed by atoms with van der Waals surface area (Å²) in [5.74, 6) is 1.21. The average molecular weight is 238 g/mol. The first kappa shape index (κ1) is 11.0. The van der Waals surface area contributed by atoms with Crippen LogP contribution in [0.25, 0.3) is 0 Å². The van der Waals surface area contributed by atoms with Gasteiger partial charge in [-0.05, 0) is 31.5 Å². The Labute approximate surface area is 98.6 Å². The van der Waals surface area contributed by atoms with Crippen LogP contribution in [0.3, 0.4) is 0 Å². The van der Waals surface area contributed by atoms with E-state index in [1.165, 1.54) is 0 Å². The van der Waals surface area contributed by atoms with E-state index in [4.69, 9.17) is 16.1 Å². The molecule has 1 aromatic heterocycles. The highest BCUT2D eigenvalue weighted by Crippen LogP contribution is 2.20. The fraction of sp³-hybridized carbons (Fsp3) is 0.273. The summed E-state index contributed by atoms with van der Waals surface area (Å²) in [6.07, 6.45) is 0. The highest BCUT2D eigenvalue weighted by atomic mass is 35.5. The van der Waals surface area contributed by atoms with Gasteiger partial charge in [-0.1, -0.05) is 22.8 Å². The lowest BCUT2D eigenvalue weighted by Crippen LogP contribution is -2.01. The molecule has 0 saturated carbocycles. The van der Waals surface area contributed by atoms with Crippen LogP contribution in [0.15, 0.2) is 22.7 Å². The quantitative estimate of drug-likeness (QED) is 0.892. The Bertz CT molecular complexity index is 496. The third-order valence-electron chi connectivity index (χ3n) is 2.20. The van der Waals surface area contributed by atoms with Gasteiger partial charge in [0.25, 0.3) is 0 Å². The Morgan fingerprint density at radius 1 is 1.38 bits per heavy atom. The summed E-state index contributed by atoms with van der Waals surface area (Å²) in [6, 6.07) is 5.70. The molecule has 4 nitrogen and oxygen atoms in total. The van der Waals surface area contributed by atoms with E-state index in [0.717, 1.165) is 11.3 Å². The first-order chi connectivity index (χ1) is 7.65. The van der Waals surface area contributed by atoms with Crippen molar-refractivity contribution in [1.82, 2.24) is 10.1 Å². The maximum Gasteiger partial charge on any atom is 0.245 e. The Hall–Kier alpha value is -1.55. The van der Waals surface area contributed by atoms with Gasteiger partial charge in [0.2, 0.25) is 5.89 Å². The molecule has 0 aliphatic carbocycles. The predicted molar refractivity (Wildman–Crippen MR) is 62.6 cm³/mol. The van der Waals surface area contributed by atoms with E-state index < -0.39 is 0 Å². The Morgan fingerprint density at radius 2 is 2.19 bits per heavy atom. The number of aromatic nitrogens is 2. The van der Waals surface area contributed by atoms with Gasteiger partial charge in [0, 0.05) is 10.7 Å². The van der Waals surface area contributed by atoms with Crippen LogP contribution in [0.2, 0.25) is 5.02 Å². The van der Waals surface area contributed by atoms with Crippen LogP contribution in [0, 0.1) is 13.8 Å². The third kappa shape index (κ3) is 2.52. The van der Waals surface area contributed by atoms with Crippen LogP contribution in [-0.4, -0.2) is 10.1 Å². The average Bonchev–Trinajstić information content (AvgIpc) is 2.66. The van der Waals surface area contributed by atoms with Crippen LogP contribution >= 0.6 is 11.6 Å². The van der Waals surface area contributed by atoms with E-state index in [0.29, 0.717) is 23.3 Å². The van der Waals surface area contributed by atoms with Gasteiger partial charge < -0.3 is 9.84 Å². The van der Waals surface area contributed by atoms with Gasteiger partial charge in [0.05, 0.1) is 6.54 Å². The summed E-state index contributed by atoms with van der Waals surface area (Å²) >= 11 is 5.91. The molecule has 0 spiro atoms. The summed E-state index contributed by atoms with van der Waals surface area (Å²) in [5.41, 5.74) is 2.10. The standard InChI is InChI=1S/C11H12ClN3O/c1-7-3-4-9(12)5-10(7)13-6-11-14-8(2)15-16-11/h3-5,13H,6H2,1-2H3. The number of hydrogen-bond acceptors (Lipinski definition) is 4. The lowest BCUT2D eigenvalue weighted by molar-refractivity contribution is 0.379. The smallest absolute Gasteiger partial charge is 0.245 e. The summed E-state index contributed by atoms with van der Waals surface area (Å²) < 4.78 is 5.00. The van der Waals surface area contributed by atoms with Gasteiger partial charge in [-0.3, -0.25) is 0 Å². The lowest BCUT2D eigenvalue weighted by atomic mass is 10.2. The molecule has 0 atom stereocenters. The number of nitrogens with one attached hydrogen (secondary N) is 1. The molecule has 0 fully saturated rings. The van der Waals surface area contributed by atoms with Gasteiger partial charge in [-0.2, -0.15) is 4.98 Å². The van der Waals surface area contributed by atoms with E-state index in [1.54, 1.807) is 6.92 Å². The minimum absolute atomic E-state index is 0.502. The number of aryl methyl sites for hydroxylation is 2. The zero-order valence-corrected chi connectivity index (χ0v) is 9.88. The molecular weight excluding hydrogens is 226 g/mol. The van der Waals surface area contributed by atoms with E-state index in [-0.39, 0.29) is 0 Å². The van der Waals surface area contributed by atoms with Crippen LogP contribution in [0.4, 0.5) is 5.69 Å². The molecule has 2 aromatic rings. The number of benzene rings is 1. The molecule has 2 rings (SSSR count). The largest absolute Gasteiger partial charge is 0.376 e. The van der Waals surface area contributed by atoms with Crippen molar-refractivity contribution in [2.24, 2.45) is 0 Å². The monoisotopic (exact) mass is 237 g/mol. The summed E-state index contributed by atoms with van der Waals surface area (Å²) in [5, 5.41) is 7.62. The van der Waals surface area contributed by atoms with Gasteiger partial charge >= 0.3 is 0 Å². The first-order valence-electron chi connectivity index (χ1n) is 4.94. The highest BCUT2D eigenvalue weighted by Gasteiger charge is 2.04. The summed E-state index contributed by atoms with van der Waals surface area (Å²) in [7, 11) is 0. The maximum absolute atomic E-state index is 5.91. The van der Waals surface area contributed by atoms with Crippen molar-refractivity contribution >= 4 is 17.3 Å². The van der Waals surface area contributed by atoms with Crippen LogP contribution in [0.5, 0.6) is 0 Å². The molecule has 0 amide bonds.